The molecule has 3 aromatic rings. The van der Waals surface area contributed by atoms with Gasteiger partial charge in [0.2, 0.25) is 0 Å². The third-order valence-electron chi connectivity index (χ3n) is 3.92. The molecule has 1 aromatic heterocycles. The van der Waals surface area contributed by atoms with Gasteiger partial charge < -0.3 is 5.73 Å². The minimum absolute atomic E-state index is 0. The van der Waals surface area contributed by atoms with Crippen LogP contribution in [0.1, 0.15) is 11.3 Å². The number of hydrogen-bond donors (Lipinski definition) is 1. The van der Waals surface area contributed by atoms with Crippen molar-refractivity contribution in [2.24, 2.45) is 5.73 Å². The van der Waals surface area contributed by atoms with Crippen molar-refractivity contribution in [3.63, 3.8) is 0 Å². The second kappa shape index (κ2) is 9.93. The Bertz CT molecular complexity index is 730. The van der Waals surface area contributed by atoms with Crippen molar-refractivity contribution in [3.05, 3.63) is 78.1 Å². The monoisotopic (exact) mass is 357 g/mol. The molecule has 0 aliphatic rings. The molecule has 0 unspecified atom stereocenters. The molecule has 5 nitrogen and oxygen atoms in total. The molecule has 0 aliphatic carbocycles. The summed E-state index contributed by atoms with van der Waals surface area (Å²) in [4.78, 5) is 4.00. The molecular formula is C19H24ClN5. The van der Waals surface area contributed by atoms with Crippen molar-refractivity contribution < 1.29 is 0 Å². The molecule has 0 spiro atoms. The number of nitrogens with zero attached hydrogens (tertiary/aromatic N) is 4. The highest BCUT2D eigenvalue weighted by molar-refractivity contribution is 5.85. The van der Waals surface area contributed by atoms with Gasteiger partial charge in [-0.15, -0.1) is 12.4 Å². The fourth-order valence-electron chi connectivity index (χ4n) is 2.67. The highest BCUT2D eigenvalue weighted by Crippen LogP contribution is 2.07. The van der Waals surface area contributed by atoms with E-state index in [2.05, 4.69) is 39.4 Å². The molecule has 25 heavy (non-hydrogen) atoms. The molecule has 2 N–H and O–H groups in total. The second-order valence-corrected chi connectivity index (χ2v) is 5.76. The average Bonchev–Trinajstić information content (AvgIpc) is 3.10. The summed E-state index contributed by atoms with van der Waals surface area (Å²) in [7, 11) is 0. The first-order valence-electron chi connectivity index (χ1n) is 8.28. The van der Waals surface area contributed by atoms with Crippen molar-refractivity contribution in [1.29, 1.82) is 0 Å². The van der Waals surface area contributed by atoms with Gasteiger partial charge in [0.25, 0.3) is 0 Å². The number of rotatable bonds is 8. The van der Waals surface area contributed by atoms with E-state index in [1.165, 1.54) is 5.56 Å². The van der Waals surface area contributed by atoms with Crippen molar-refractivity contribution in [2.45, 2.75) is 13.0 Å². The first-order valence-corrected chi connectivity index (χ1v) is 8.28. The normalized spacial score (nSPS) is 10.6. The average molecular weight is 358 g/mol. The Kier molecular flexibility index (Phi) is 7.60. The third-order valence-corrected chi connectivity index (χ3v) is 3.92. The highest BCUT2D eigenvalue weighted by Gasteiger charge is 2.09. The van der Waals surface area contributed by atoms with Gasteiger partial charge in [-0.1, -0.05) is 48.5 Å². The van der Waals surface area contributed by atoms with Crippen molar-refractivity contribution >= 4 is 12.4 Å². The number of aromatic nitrogens is 3. The lowest BCUT2D eigenvalue weighted by Crippen LogP contribution is -2.31. The van der Waals surface area contributed by atoms with Crippen LogP contribution in [-0.4, -0.2) is 39.5 Å². The van der Waals surface area contributed by atoms with E-state index < -0.39 is 0 Å². The topological polar surface area (TPSA) is 60.0 Å². The molecule has 0 saturated heterocycles. The van der Waals surface area contributed by atoms with Crippen LogP contribution in [-0.2, 0) is 13.0 Å². The van der Waals surface area contributed by atoms with Gasteiger partial charge in [0, 0.05) is 26.2 Å². The predicted octanol–water partition coefficient (Wildman–Crippen LogP) is 2.69. The van der Waals surface area contributed by atoms with Gasteiger partial charge in [-0.3, -0.25) is 4.90 Å². The smallest absolute Gasteiger partial charge is 0.0971 e. The standard InChI is InChI=1S/C19H23N5.ClH/c20-12-14-23(13-11-17-7-3-1-4-8-17)16-18-15-21-24(22-18)19-9-5-2-6-10-19;/h1-10,15H,11-14,16,20H2;1H. The minimum atomic E-state index is 0. The van der Waals surface area contributed by atoms with E-state index in [0.29, 0.717) is 6.54 Å². The lowest BCUT2D eigenvalue weighted by molar-refractivity contribution is 0.272. The van der Waals surface area contributed by atoms with Crippen LogP contribution in [0, 0.1) is 0 Å². The minimum Gasteiger partial charge on any atom is -0.329 e. The summed E-state index contributed by atoms with van der Waals surface area (Å²) in [5.41, 5.74) is 9.04. The molecular weight excluding hydrogens is 334 g/mol. The second-order valence-electron chi connectivity index (χ2n) is 5.76. The molecule has 1 heterocycles. The van der Waals surface area contributed by atoms with Crippen LogP contribution in [0.4, 0.5) is 0 Å². The largest absolute Gasteiger partial charge is 0.329 e. The number of nitrogens with two attached hydrogens (primary N) is 1. The molecule has 132 valence electrons. The molecule has 2 aromatic carbocycles. The van der Waals surface area contributed by atoms with Crippen molar-refractivity contribution in [1.82, 2.24) is 19.9 Å². The van der Waals surface area contributed by atoms with Gasteiger partial charge in [-0.05, 0) is 24.1 Å². The van der Waals surface area contributed by atoms with Gasteiger partial charge in [0.05, 0.1) is 17.6 Å². The van der Waals surface area contributed by atoms with E-state index in [1.807, 2.05) is 42.6 Å². The van der Waals surface area contributed by atoms with E-state index >= 15 is 0 Å². The maximum Gasteiger partial charge on any atom is 0.0971 e. The van der Waals surface area contributed by atoms with Crippen LogP contribution >= 0.6 is 12.4 Å². The Morgan fingerprint density at radius 1 is 0.920 bits per heavy atom. The zero-order chi connectivity index (χ0) is 16.6. The molecule has 0 radical (unpaired) electrons. The zero-order valence-corrected chi connectivity index (χ0v) is 15.0. The fraction of sp³-hybridized carbons (Fsp3) is 0.263. The quantitative estimate of drug-likeness (QED) is 0.673. The number of para-hydroxylation sites is 1. The van der Waals surface area contributed by atoms with E-state index in [-0.39, 0.29) is 12.4 Å². The van der Waals surface area contributed by atoms with Gasteiger partial charge in [0.15, 0.2) is 0 Å². The third kappa shape index (κ3) is 5.67. The molecule has 0 bridgehead atoms. The summed E-state index contributed by atoms with van der Waals surface area (Å²) in [6.45, 7) is 3.21. The Morgan fingerprint density at radius 2 is 1.60 bits per heavy atom. The van der Waals surface area contributed by atoms with E-state index in [1.54, 1.807) is 4.80 Å². The Balaban J connectivity index is 0.00000225. The van der Waals surface area contributed by atoms with E-state index in [4.69, 9.17) is 5.73 Å². The van der Waals surface area contributed by atoms with Crippen molar-refractivity contribution in [3.8, 4) is 5.69 Å². The molecule has 0 saturated carbocycles. The summed E-state index contributed by atoms with van der Waals surface area (Å²) >= 11 is 0. The van der Waals surface area contributed by atoms with Gasteiger partial charge in [-0.25, -0.2) is 0 Å². The first kappa shape index (κ1) is 19.1. The SMILES string of the molecule is Cl.NCCN(CCc1ccccc1)Cc1cnn(-c2ccccc2)n1. The fourth-order valence-corrected chi connectivity index (χ4v) is 2.67. The highest BCUT2D eigenvalue weighted by atomic mass is 35.5. The Morgan fingerprint density at radius 3 is 2.28 bits per heavy atom. The molecule has 0 amide bonds. The Hall–Kier alpha value is -2.21. The molecule has 0 aliphatic heterocycles. The van der Waals surface area contributed by atoms with Gasteiger partial charge in [0.1, 0.15) is 0 Å². The summed E-state index contributed by atoms with van der Waals surface area (Å²) in [6, 6.07) is 20.5. The van der Waals surface area contributed by atoms with E-state index in [0.717, 1.165) is 37.4 Å². The lowest BCUT2D eigenvalue weighted by atomic mass is 10.1. The molecule has 0 fully saturated rings. The summed E-state index contributed by atoms with van der Waals surface area (Å²) in [5.74, 6) is 0. The van der Waals surface area contributed by atoms with Crippen LogP contribution in [0.3, 0.4) is 0 Å². The van der Waals surface area contributed by atoms with Gasteiger partial charge in [-0.2, -0.15) is 15.0 Å². The summed E-state index contributed by atoms with van der Waals surface area (Å²) in [6.07, 6.45) is 2.84. The zero-order valence-electron chi connectivity index (χ0n) is 14.2. The Labute approximate surface area is 154 Å². The molecule has 3 rings (SSSR count). The van der Waals surface area contributed by atoms with Gasteiger partial charge >= 0.3 is 0 Å². The van der Waals surface area contributed by atoms with Crippen LogP contribution in [0.25, 0.3) is 5.69 Å². The van der Waals surface area contributed by atoms with Crippen molar-refractivity contribution in [2.75, 3.05) is 19.6 Å². The summed E-state index contributed by atoms with van der Waals surface area (Å²) < 4.78 is 0. The summed E-state index contributed by atoms with van der Waals surface area (Å²) in [5, 5.41) is 8.95. The number of hydrogen-bond acceptors (Lipinski definition) is 4. The maximum absolute atomic E-state index is 5.77. The number of halogens is 1. The number of benzene rings is 2. The van der Waals surface area contributed by atoms with Crippen LogP contribution < -0.4 is 5.73 Å². The molecule has 0 atom stereocenters. The predicted molar refractivity (Wildman–Crippen MR) is 103 cm³/mol. The maximum atomic E-state index is 5.77. The van der Waals surface area contributed by atoms with Crippen LogP contribution in [0.15, 0.2) is 66.9 Å². The van der Waals surface area contributed by atoms with Crippen LogP contribution in [0.5, 0.6) is 0 Å². The van der Waals surface area contributed by atoms with E-state index in [9.17, 15) is 0 Å². The first-order chi connectivity index (χ1) is 11.8. The lowest BCUT2D eigenvalue weighted by Gasteiger charge is -2.20. The molecule has 6 heteroatoms. The van der Waals surface area contributed by atoms with Crippen LogP contribution in [0.2, 0.25) is 0 Å².